The fourth-order valence-electron chi connectivity index (χ4n) is 4.08. The first-order valence-electron chi connectivity index (χ1n) is 14.1. The van der Waals surface area contributed by atoms with Gasteiger partial charge in [-0.3, -0.25) is 4.79 Å². The zero-order valence-corrected chi connectivity index (χ0v) is 24.0. The summed E-state index contributed by atoms with van der Waals surface area (Å²) in [5.74, 6) is 2.19. The van der Waals surface area contributed by atoms with E-state index in [4.69, 9.17) is 24.7 Å². The average molecular weight is 581 g/mol. The molecule has 13 heteroatoms. The molecule has 0 saturated carbocycles. The number of methoxy groups -OCH3 is 1. The van der Waals surface area contributed by atoms with E-state index in [2.05, 4.69) is 35.8 Å². The number of nitrogens with zero attached hydrogens (tertiary/aromatic N) is 4. The zero-order valence-electron chi connectivity index (χ0n) is 24.0. The normalized spacial score (nSPS) is 13.0. The van der Waals surface area contributed by atoms with Gasteiger partial charge in [-0.2, -0.15) is 15.0 Å². The molecule has 2 aromatic carbocycles. The maximum Gasteiger partial charge on any atom is 0.233 e. The van der Waals surface area contributed by atoms with Crippen molar-refractivity contribution in [3.8, 4) is 5.75 Å². The number of morpholine rings is 1. The minimum Gasteiger partial charge on any atom is -0.497 e. The topological polar surface area (TPSA) is 158 Å². The summed E-state index contributed by atoms with van der Waals surface area (Å²) in [5.41, 5.74) is 8.12. The van der Waals surface area contributed by atoms with E-state index in [0.29, 0.717) is 90.2 Å². The van der Waals surface area contributed by atoms with Gasteiger partial charge in [-0.1, -0.05) is 24.3 Å². The summed E-state index contributed by atoms with van der Waals surface area (Å²) in [5, 5.41) is 9.45. The van der Waals surface area contributed by atoms with Gasteiger partial charge in [0.1, 0.15) is 5.75 Å². The lowest BCUT2D eigenvalue weighted by atomic mass is 10.1. The van der Waals surface area contributed by atoms with Crippen LogP contribution in [0.25, 0.3) is 0 Å². The number of aromatic nitrogens is 3. The van der Waals surface area contributed by atoms with E-state index in [-0.39, 0.29) is 12.3 Å². The molecule has 2 heterocycles. The van der Waals surface area contributed by atoms with Crippen molar-refractivity contribution in [1.82, 2.24) is 20.3 Å². The number of hydrogen-bond donors (Lipinski definition) is 4. The van der Waals surface area contributed by atoms with Crippen LogP contribution in [0.2, 0.25) is 0 Å². The molecule has 226 valence electrons. The van der Waals surface area contributed by atoms with Crippen molar-refractivity contribution in [1.29, 1.82) is 0 Å². The van der Waals surface area contributed by atoms with Gasteiger partial charge in [-0.15, -0.1) is 0 Å². The Balaban J connectivity index is 1.31. The second kappa shape index (κ2) is 17.0. The van der Waals surface area contributed by atoms with E-state index in [1.165, 1.54) is 0 Å². The minimum absolute atomic E-state index is 0.0705. The Bertz CT molecular complexity index is 1220. The van der Waals surface area contributed by atoms with Crippen molar-refractivity contribution >= 4 is 29.4 Å². The van der Waals surface area contributed by atoms with E-state index < -0.39 is 0 Å². The van der Waals surface area contributed by atoms with E-state index >= 15 is 0 Å². The number of rotatable bonds is 17. The third-order valence-electron chi connectivity index (χ3n) is 6.30. The average Bonchev–Trinajstić information content (AvgIpc) is 3.03. The Kier molecular flexibility index (Phi) is 12.5. The quantitative estimate of drug-likeness (QED) is 0.172. The molecule has 3 aromatic rings. The summed E-state index contributed by atoms with van der Waals surface area (Å²) in [6.45, 7) is 6.03. The molecule has 1 aliphatic heterocycles. The van der Waals surface area contributed by atoms with Crippen LogP contribution in [0.4, 0.5) is 23.5 Å². The molecule has 0 atom stereocenters. The predicted octanol–water partition coefficient (Wildman–Crippen LogP) is 1.72. The van der Waals surface area contributed by atoms with Gasteiger partial charge in [0.15, 0.2) is 0 Å². The zero-order chi connectivity index (χ0) is 29.4. The molecule has 1 fully saturated rings. The molecular weight excluding hydrogens is 540 g/mol. The van der Waals surface area contributed by atoms with E-state index in [1.807, 2.05) is 48.5 Å². The molecule has 13 nitrogen and oxygen atoms in total. The Morgan fingerprint density at radius 1 is 0.905 bits per heavy atom. The predicted molar refractivity (Wildman–Crippen MR) is 160 cm³/mol. The summed E-state index contributed by atoms with van der Waals surface area (Å²) < 4.78 is 21.4. The van der Waals surface area contributed by atoms with Crippen LogP contribution in [-0.4, -0.2) is 93.8 Å². The maximum absolute atomic E-state index is 12.3. The van der Waals surface area contributed by atoms with E-state index in [1.54, 1.807) is 7.11 Å². The number of carbonyl (C=O) groups is 1. The number of benzene rings is 2. The van der Waals surface area contributed by atoms with Crippen molar-refractivity contribution in [3.05, 3.63) is 59.7 Å². The van der Waals surface area contributed by atoms with Crippen molar-refractivity contribution in [2.24, 2.45) is 5.73 Å². The van der Waals surface area contributed by atoms with Crippen LogP contribution in [0.15, 0.2) is 48.5 Å². The highest BCUT2D eigenvalue weighted by atomic mass is 16.5. The van der Waals surface area contributed by atoms with Gasteiger partial charge >= 0.3 is 0 Å². The maximum atomic E-state index is 12.3. The number of nitrogens with two attached hydrogens (primary N) is 1. The first kappa shape index (κ1) is 30.9. The summed E-state index contributed by atoms with van der Waals surface area (Å²) in [6.07, 6.45) is 0.270. The number of hydrogen-bond acceptors (Lipinski definition) is 12. The Labute approximate surface area is 246 Å². The van der Waals surface area contributed by atoms with Gasteiger partial charge in [0, 0.05) is 38.4 Å². The summed E-state index contributed by atoms with van der Waals surface area (Å²) in [4.78, 5) is 28.3. The number of carbonyl (C=O) groups excluding carboxylic acids is 1. The van der Waals surface area contributed by atoms with Gasteiger partial charge < -0.3 is 45.5 Å². The third-order valence-corrected chi connectivity index (χ3v) is 6.30. The first-order valence-corrected chi connectivity index (χ1v) is 14.1. The van der Waals surface area contributed by atoms with Crippen LogP contribution < -0.4 is 31.3 Å². The van der Waals surface area contributed by atoms with Crippen molar-refractivity contribution in [3.63, 3.8) is 0 Å². The summed E-state index contributed by atoms with van der Waals surface area (Å²) >= 11 is 0. The molecule has 0 radical (unpaired) electrons. The van der Waals surface area contributed by atoms with Crippen molar-refractivity contribution < 1.29 is 23.7 Å². The summed E-state index contributed by atoms with van der Waals surface area (Å²) in [7, 11) is 1.65. The van der Waals surface area contributed by atoms with Crippen LogP contribution in [0.3, 0.4) is 0 Å². The van der Waals surface area contributed by atoms with Crippen molar-refractivity contribution in [2.75, 3.05) is 88.5 Å². The fourth-order valence-corrected chi connectivity index (χ4v) is 4.08. The molecule has 1 saturated heterocycles. The lowest BCUT2D eigenvalue weighted by molar-refractivity contribution is -0.120. The molecule has 0 unspecified atom stereocenters. The van der Waals surface area contributed by atoms with Crippen LogP contribution in [0.1, 0.15) is 11.1 Å². The van der Waals surface area contributed by atoms with Gasteiger partial charge in [-0.05, 0) is 35.4 Å². The Hall–Kier alpha value is -4.04. The smallest absolute Gasteiger partial charge is 0.233 e. The van der Waals surface area contributed by atoms with Crippen LogP contribution in [0.5, 0.6) is 5.75 Å². The van der Waals surface area contributed by atoms with Gasteiger partial charge in [0.05, 0.1) is 53.2 Å². The molecule has 1 aromatic heterocycles. The van der Waals surface area contributed by atoms with Crippen LogP contribution in [0, 0.1) is 0 Å². The highest BCUT2D eigenvalue weighted by Crippen LogP contribution is 2.20. The first-order chi connectivity index (χ1) is 20.6. The number of ether oxygens (including phenoxy) is 4. The number of amides is 1. The molecule has 1 amide bonds. The summed E-state index contributed by atoms with van der Waals surface area (Å²) in [6, 6.07) is 15.4. The second-order valence-corrected chi connectivity index (χ2v) is 9.45. The van der Waals surface area contributed by atoms with E-state index in [0.717, 1.165) is 22.6 Å². The third kappa shape index (κ3) is 10.4. The van der Waals surface area contributed by atoms with Crippen molar-refractivity contribution in [2.45, 2.75) is 13.0 Å². The van der Waals surface area contributed by atoms with Gasteiger partial charge in [0.25, 0.3) is 0 Å². The molecule has 42 heavy (non-hydrogen) atoms. The molecular formula is C29H40N8O5. The molecule has 0 spiro atoms. The highest BCUT2D eigenvalue weighted by Gasteiger charge is 2.17. The molecule has 0 aliphatic carbocycles. The van der Waals surface area contributed by atoms with Gasteiger partial charge in [0.2, 0.25) is 23.8 Å². The standard InChI is InChI=1S/C29H40N8O5/c1-39-25-8-4-23(5-9-25)21-32-27-34-28(36-29(35-27)37-12-16-42-17-13-37)33-24-6-2-22(3-7-24)20-26(38)31-11-15-41-19-18-40-14-10-30/h2-9H,10-21,30H2,1H3,(H,31,38)(H2,32,33,34,35,36). The molecule has 1 aliphatic rings. The van der Waals surface area contributed by atoms with Crippen LogP contribution >= 0.6 is 0 Å². The highest BCUT2D eigenvalue weighted by molar-refractivity contribution is 5.78. The fraction of sp³-hybridized carbons (Fsp3) is 0.448. The van der Waals surface area contributed by atoms with Crippen LogP contribution in [-0.2, 0) is 32.0 Å². The van der Waals surface area contributed by atoms with E-state index in [9.17, 15) is 4.79 Å². The SMILES string of the molecule is COc1ccc(CNc2nc(Nc3ccc(CC(=O)NCCOCCOCCN)cc3)nc(N3CCOCC3)n2)cc1. The van der Waals surface area contributed by atoms with Gasteiger partial charge in [-0.25, -0.2) is 0 Å². The monoisotopic (exact) mass is 580 g/mol. The Morgan fingerprint density at radius 3 is 2.31 bits per heavy atom. The molecule has 0 bridgehead atoms. The molecule has 4 rings (SSSR count). The molecule has 5 N–H and O–H groups in total. The number of anilines is 4. The lowest BCUT2D eigenvalue weighted by Crippen LogP contribution is -2.37. The largest absolute Gasteiger partial charge is 0.497 e. The number of nitrogens with one attached hydrogen (secondary N) is 3. The lowest BCUT2D eigenvalue weighted by Gasteiger charge is -2.27. The second-order valence-electron chi connectivity index (χ2n) is 9.45. The Morgan fingerprint density at radius 2 is 1.60 bits per heavy atom. The minimum atomic E-state index is -0.0705.